The first-order chi connectivity index (χ1) is 16.8. The van der Waals surface area contributed by atoms with Crippen LogP contribution in [0.4, 0.5) is 5.69 Å². The number of carbonyl (C=O) groups is 2. The van der Waals surface area contributed by atoms with Gasteiger partial charge in [-0.2, -0.15) is 23.3 Å². The van der Waals surface area contributed by atoms with Crippen molar-refractivity contribution in [2.75, 3.05) is 18.5 Å². The number of rotatable bonds is 7. The molecule has 1 N–H and O–H groups in total. The molecule has 0 spiro atoms. The Labute approximate surface area is 226 Å². The van der Waals surface area contributed by atoms with Gasteiger partial charge in [0.15, 0.2) is 11.4 Å². The number of benzene rings is 3. The quantitative estimate of drug-likeness (QED) is 0.237. The van der Waals surface area contributed by atoms with Crippen LogP contribution in [0.2, 0.25) is 5.02 Å². The summed E-state index contributed by atoms with van der Waals surface area (Å²) in [5.41, 5.74) is 5.04. The number of hydrogen-bond acceptors (Lipinski definition) is 5. The van der Waals surface area contributed by atoms with E-state index in [1.54, 1.807) is 62.4 Å². The molecule has 4 rings (SSSR count). The Morgan fingerprint density at radius 2 is 1.50 bits per heavy atom. The first-order valence-electron chi connectivity index (χ1n) is 11.5. The predicted molar refractivity (Wildman–Crippen MR) is 138 cm³/mol. The fourth-order valence-corrected chi connectivity index (χ4v) is 3.97. The van der Waals surface area contributed by atoms with Crippen molar-refractivity contribution < 1.29 is 31.1 Å². The summed E-state index contributed by atoms with van der Waals surface area (Å²) in [5.74, 6) is 0.346. The maximum absolute atomic E-state index is 13.2. The van der Waals surface area contributed by atoms with E-state index in [0.29, 0.717) is 47.8 Å². The summed E-state index contributed by atoms with van der Waals surface area (Å²) < 4.78 is 6.04. The molecule has 0 atom stereocenters. The van der Waals surface area contributed by atoms with Crippen molar-refractivity contribution in [2.24, 2.45) is 5.10 Å². The molecule has 0 aromatic heterocycles. The van der Waals surface area contributed by atoms with Crippen LogP contribution in [0.3, 0.4) is 0 Å². The molecule has 0 saturated carbocycles. The van der Waals surface area contributed by atoms with Crippen molar-refractivity contribution in [1.29, 1.82) is 0 Å². The van der Waals surface area contributed by atoms with Crippen molar-refractivity contribution in [3.63, 3.8) is 0 Å². The minimum Gasteiger partial charge on any atom is -0.478 e. The summed E-state index contributed by atoms with van der Waals surface area (Å²) in [4.78, 5) is 27.7. The second-order valence-corrected chi connectivity index (χ2v) is 9.28. The number of piperidine rings is 1. The van der Waals surface area contributed by atoms with Gasteiger partial charge in [-0.3, -0.25) is 9.59 Å². The Hall–Kier alpha value is -3.13. The molecule has 6 nitrogen and oxygen atoms in total. The third-order valence-corrected chi connectivity index (χ3v) is 6.05. The van der Waals surface area contributed by atoms with E-state index in [0.717, 1.165) is 11.4 Å². The molecule has 189 valence electrons. The van der Waals surface area contributed by atoms with E-state index in [-0.39, 0.29) is 28.5 Å². The van der Waals surface area contributed by atoms with Gasteiger partial charge < -0.3 is 15.1 Å². The number of amides is 1. The zero-order valence-electron chi connectivity index (χ0n) is 20.1. The Kier molecular flexibility index (Phi) is 9.31. The van der Waals surface area contributed by atoms with E-state index in [4.69, 9.17) is 16.3 Å². The summed E-state index contributed by atoms with van der Waals surface area (Å²) in [5, 5.41) is 5.06. The van der Waals surface area contributed by atoms with E-state index in [9.17, 15) is 9.59 Å². The normalized spacial score (nSPS) is 13.4. The number of halogens is 1. The number of nitrogens with zero attached hydrogens (tertiary/aromatic N) is 2. The van der Waals surface area contributed by atoms with Gasteiger partial charge in [-0.05, 0) is 62.4 Å². The second kappa shape index (κ2) is 12.2. The minimum absolute atomic E-state index is 0. The fraction of sp³-hybridized carbons (Fsp3) is 0.250. The van der Waals surface area contributed by atoms with Crippen molar-refractivity contribution >= 4 is 34.7 Å². The Balaban J connectivity index is 0.00000361. The van der Waals surface area contributed by atoms with Crippen LogP contribution in [-0.2, 0) is 21.6 Å². The van der Waals surface area contributed by atoms with Crippen molar-refractivity contribution in [3.8, 4) is 5.75 Å². The molecule has 36 heavy (non-hydrogen) atoms. The molecule has 1 saturated heterocycles. The molecule has 3 aromatic rings. The van der Waals surface area contributed by atoms with Gasteiger partial charge >= 0.3 is 0 Å². The zero-order valence-corrected chi connectivity index (χ0v) is 21.9. The van der Waals surface area contributed by atoms with Gasteiger partial charge in [-0.25, -0.2) is 0 Å². The van der Waals surface area contributed by atoms with Crippen LogP contribution in [0.5, 0.6) is 5.75 Å². The standard InChI is InChI=1S/C28H27ClN3O3.Co/c1-28(2,27(34)32-18-16-24(17-19-32)31-30-23-6-4-3-5-7-23)35-25-14-10-21(11-15-25)26(33)20-8-12-22(29)13-9-20;/h4-15,30H,16-19H2,1-2H3;/q-1;. The molecular formula is C28H27ClCoN3O3-. The molecule has 1 fully saturated rings. The van der Waals surface area contributed by atoms with E-state index < -0.39 is 5.60 Å². The van der Waals surface area contributed by atoms with Gasteiger partial charge in [0, 0.05) is 64.6 Å². The zero-order chi connectivity index (χ0) is 24.8. The average molecular weight is 548 g/mol. The molecular weight excluding hydrogens is 521 g/mol. The molecule has 3 aromatic carbocycles. The van der Waals surface area contributed by atoms with Crippen LogP contribution in [0.25, 0.3) is 0 Å². The number of anilines is 1. The van der Waals surface area contributed by atoms with Gasteiger partial charge in [0.1, 0.15) is 5.75 Å². The number of carbonyl (C=O) groups excluding carboxylic acids is 2. The van der Waals surface area contributed by atoms with E-state index in [1.165, 1.54) is 0 Å². The van der Waals surface area contributed by atoms with Crippen LogP contribution in [0.15, 0.2) is 77.9 Å². The summed E-state index contributed by atoms with van der Waals surface area (Å²) in [6.45, 7) is 4.70. The molecule has 1 aliphatic heterocycles. The number of ether oxygens (including phenoxy) is 1. The molecule has 0 unspecified atom stereocenters. The molecule has 8 heteroatoms. The largest absolute Gasteiger partial charge is 0.478 e. The summed E-state index contributed by atoms with van der Waals surface area (Å²) >= 11 is 5.90. The second-order valence-electron chi connectivity index (χ2n) is 8.84. The number of hydrogen-bond donors (Lipinski definition) is 1. The predicted octanol–water partition coefficient (Wildman–Crippen LogP) is 5.62. The van der Waals surface area contributed by atoms with Crippen molar-refractivity contribution in [3.05, 3.63) is 95.0 Å². The number of hydrazone groups is 1. The summed E-state index contributed by atoms with van der Waals surface area (Å²) in [7, 11) is 0. The average Bonchev–Trinajstić information content (AvgIpc) is 2.88. The molecule has 1 amide bonds. The molecule has 0 bridgehead atoms. The third kappa shape index (κ3) is 6.97. The first kappa shape index (κ1) is 27.5. The Morgan fingerprint density at radius 1 is 0.944 bits per heavy atom. The van der Waals surface area contributed by atoms with Gasteiger partial charge in [0.05, 0.1) is 0 Å². The van der Waals surface area contributed by atoms with Gasteiger partial charge in [-0.1, -0.05) is 17.3 Å². The van der Waals surface area contributed by atoms with E-state index in [2.05, 4.69) is 16.6 Å². The van der Waals surface area contributed by atoms with E-state index in [1.807, 2.05) is 29.2 Å². The summed E-state index contributed by atoms with van der Waals surface area (Å²) in [6.07, 6.45) is 1.41. The topological polar surface area (TPSA) is 71.0 Å². The van der Waals surface area contributed by atoms with Crippen LogP contribution < -0.4 is 10.2 Å². The maximum atomic E-state index is 13.2. The van der Waals surface area contributed by atoms with Gasteiger partial charge in [-0.15, -0.1) is 12.1 Å². The number of nitrogens with one attached hydrogen (secondary N) is 1. The van der Waals surface area contributed by atoms with Crippen molar-refractivity contribution in [1.82, 2.24) is 4.90 Å². The van der Waals surface area contributed by atoms with Crippen molar-refractivity contribution in [2.45, 2.75) is 32.3 Å². The SMILES string of the molecule is CC(C)(Oc1ccc(C(=O)c2ccc(Cl)cc2)cc1)C(=O)N1CCC(=NNc2cc[c-]cc2)CC1.[Co]. The maximum Gasteiger partial charge on any atom is 0.266 e. The molecule has 1 radical (unpaired) electrons. The van der Waals surface area contributed by atoms with Crippen LogP contribution in [0.1, 0.15) is 42.6 Å². The van der Waals surface area contributed by atoms with Gasteiger partial charge in [0.2, 0.25) is 0 Å². The molecule has 1 aliphatic rings. The van der Waals surface area contributed by atoms with Gasteiger partial charge in [0.25, 0.3) is 5.91 Å². The molecule has 0 aliphatic carbocycles. The third-order valence-electron chi connectivity index (χ3n) is 5.80. The first-order valence-corrected chi connectivity index (χ1v) is 11.9. The number of ketones is 1. The fourth-order valence-electron chi connectivity index (χ4n) is 3.85. The Morgan fingerprint density at radius 3 is 2.08 bits per heavy atom. The monoisotopic (exact) mass is 547 g/mol. The van der Waals surface area contributed by atoms with Crippen LogP contribution in [0, 0.1) is 6.07 Å². The number of likely N-dealkylation sites (tertiary alicyclic amines) is 1. The van der Waals surface area contributed by atoms with E-state index >= 15 is 0 Å². The summed E-state index contributed by atoms with van der Waals surface area (Å²) in [6, 6.07) is 24.0. The Bertz CT molecular complexity index is 1200. The van der Waals surface area contributed by atoms with Crippen LogP contribution >= 0.6 is 11.6 Å². The van der Waals surface area contributed by atoms with Crippen LogP contribution in [-0.4, -0.2) is 41.0 Å². The minimum atomic E-state index is -1.05. The smallest absolute Gasteiger partial charge is 0.266 e. The molecule has 1 heterocycles.